The largest absolute Gasteiger partial charge is 0.326 e. The zero-order valence-corrected chi connectivity index (χ0v) is 13.0. The Kier molecular flexibility index (Phi) is 3.76. The quantitative estimate of drug-likeness (QED) is 0.757. The van der Waals surface area contributed by atoms with E-state index in [0.29, 0.717) is 17.7 Å². The van der Waals surface area contributed by atoms with Gasteiger partial charge in [0.2, 0.25) is 0 Å². The van der Waals surface area contributed by atoms with E-state index in [1.807, 2.05) is 18.5 Å². The Hall–Kier alpha value is -3.05. The molecule has 1 fully saturated rings. The molecule has 1 atom stereocenters. The zero-order chi connectivity index (χ0) is 16.4. The second kappa shape index (κ2) is 6.22. The van der Waals surface area contributed by atoms with Gasteiger partial charge >= 0.3 is 0 Å². The van der Waals surface area contributed by atoms with Gasteiger partial charge in [-0.15, -0.1) is 0 Å². The first-order valence-electron chi connectivity index (χ1n) is 7.86. The van der Waals surface area contributed by atoms with Crippen LogP contribution in [-0.4, -0.2) is 37.6 Å². The molecule has 0 unspecified atom stereocenters. The minimum Gasteiger partial charge on any atom is -0.326 e. The van der Waals surface area contributed by atoms with Gasteiger partial charge in [0, 0.05) is 18.7 Å². The molecule has 0 bridgehead atoms. The molecule has 1 saturated heterocycles. The van der Waals surface area contributed by atoms with Crippen molar-refractivity contribution in [1.82, 2.24) is 29.8 Å². The summed E-state index contributed by atoms with van der Waals surface area (Å²) in [7, 11) is 0. The number of nitriles is 1. The van der Waals surface area contributed by atoms with E-state index in [2.05, 4.69) is 35.1 Å². The Morgan fingerprint density at radius 2 is 2.08 bits per heavy atom. The monoisotopic (exact) mass is 320 g/mol. The standard InChI is InChI=1S/C16H16N8/c17-5-11-6-20-16(9-19-11)23-15-4-14-13(8-21-15)22-10-24(14)12-2-1-3-18-7-12/h4,6,8-10,12,18H,1-3,7H2,(H,20,21,23)/t12-/m0/s1. The lowest BCUT2D eigenvalue weighted by molar-refractivity contribution is 0.378. The van der Waals surface area contributed by atoms with Crippen LogP contribution in [0.4, 0.5) is 11.6 Å². The van der Waals surface area contributed by atoms with E-state index in [1.54, 1.807) is 6.20 Å². The van der Waals surface area contributed by atoms with Gasteiger partial charge in [-0.2, -0.15) is 5.26 Å². The third-order valence-electron chi connectivity index (χ3n) is 4.15. The molecule has 0 aliphatic carbocycles. The summed E-state index contributed by atoms with van der Waals surface area (Å²) >= 11 is 0. The number of hydrogen-bond acceptors (Lipinski definition) is 7. The average molecular weight is 320 g/mol. The van der Waals surface area contributed by atoms with E-state index in [0.717, 1.165) is 30.5 Å². The van der Waals surface area contributed by atoms with E-state index in [-0.39, 0.29) is 5.69 Å². The fourth-order valence-electron chi connectivity index (χ4n) is 2.94. The van der Waals surface area contributed by atoms with Crippen LogP contribution in [0.1, 0.15) is 24.6 Å². The van der Waals surface area contributed by atoms with Crippen molar-refractivity contribution in [3.63, 3.8) is 0 Å². The second-order valence-electron chi connectivity index (χ2n) is 5.73. The van der Waals surface area contributed by atoms with E-state index in [4.69, 9.17) is 5.26 Å². The van der Waals surface area contributed by atoms with E-state index < -0.39 is 0 Å². The van der Waals surface area contributed by atoms with Gasteiger partial charge in [0.05, 0.1) is 30.4 Å². The van der Waals surface area contributed by atoms with Gasteiger partial charge in [-0.1, -0.05) is 0 Å². The third-order valence-corrected chi connectivity index (χ3v) is 4.15. The number of nitrogens with one attached hydrogen (secondary N) is 2. The van der Waals surface area contributed by atoms with Gasteiger partial charge in [-0.25, -0.2) is 19.9 Å². The van der Waals surface area contributed by atoms with Crippen molar-refractivity contribution < 1.29 is 0 Å². The summed E-state index contributed by atoms with van der Waals surface area (Å²) in [5, 5.41) is 15.3. The SMILES string of the molecule is N#Cc1cnc(Nc2cc3c(cn2)ncn3[C@H]2CCCNC2)cn1. The highest BCUT2D eigenvalue weighted by Gasteiger charge is 2.17. The molecule has 1 aliphatic rings. The van der Waals surface area contributed by atoms with Crippen LogP contribution in [0.15, 0.2) is 31.0 Å². The normalized spacial score (nSPS) is 17.5. The van der Waals surface area contributed by atoms with Crippen LogP contribution >= 0.6 is 0 Å². The van der Waals surface area contributed by atoms with Gasteiger partial charge in [-0.05, 0) is 19.4 Å². The molecule has 0 saturated carbocycles. The van der Waals surface area contributed by atoms with Gasteiger partial charge in [0.25, 0.3) is 0 Å². The van der Waals surface area contributed by atoms with Crippen LogP contribution < -0.4 is 10.6 Å². The average Bonchev–Trinajstić information content (AvgIpc) is 3.06. The molecule has 1 aliphatic heterocycles. The number of nitrogens with zero attached hydrogens (tertiary/aromatic N) is 6. The maximum atomic E-state index is 8.77. The predicted octanol–water partition coefficient (Wildman–Crippen LogP) is 1.76. The Bertz CT molecular complexity index is 887. The van der Waals surface area contributed by atoms with Crippen molar-refractivity contribution in [2.45, 2.75) is 18.9 Å². The topological polar surface area (TPSA) is 104 Å². The van der Waals surface area contributed by atoms with Crippen LogP contribution in [0.3, 0.4) is 0 Å². The number of anilines is 2. The number of hydrogen-bond donors (Lipinski definition) is 2. The maximum absolute atomic E-state index is 8.77. The maximum Gasteiger partial charge on any atom is 0.158 e. The number of aromatic nitrogens is 5. The summed E-state index contributed by atoms with van der Waals surface area (Å²) in [5.41, 5.74) is 2.20. The first kappa shape index (κ1) is 14.5. The minimum absolute atomic E-state index is 0.284. The van der Waals surface area contributed by atoms with E-state index in [9.17, 15) is 0 Å². The molecule has 8 heteroatoms. The summed E-state index contributed by atoms with van der Waals surface area (Å²) in [6.07, 6.45) is 8.90. The predicted molar refractivity (Wildman–Crippen MR) is 88.7 cm³/mol. The zero-order valence-electron chi connectivity index (χ0n) is 13.0. The van der Waals surface area contributed by atoms with E-state index in [1.165, 1.54) is 18.8 Å². The summed E-state index contributed by atoms with van der Waals surface area (Å²) in [4.78, 5) is 17.0. The molecule has 120 valence electrons. The fraction of sp³-hybridized carbons (Fsp3) is 0.312. The molecule has 4 heterocycles. The minimum atomic E-state index is 0.284. The lowest BCUT2D eigenvalue weighted by Gasteiger charge is -2.24. The molecule has 24 heavy (non-hydrogen) atoms. The molecule has 0 aromatic carbocycles. The molecule has 8 nitrogen and oxygen atoms in total. The van der Waals surface area contributed by atoms with Crippen molar-refractivity contribution in [1.29, 1.82) is 5.26 Å². The van der Waals surface area contributed by atoms with Crippen LogP contribution in [0, 0.1) is 11.3 Å². The summed E-state index contributed by atoms with van der Waals surface area (Å²) < 4.78 is 2.21. The van der Waals surface area contributed by atoms with Crippen molar-refractivity contribution in [3.8, 4) is 6.07 Å². The van der Waals surface area contributed by atoms with Crippen LogP contribution in [0.5, 0.6) is 0 Å². The first-order valence-corrected chi connectivity index (χ1v) is 7.86. The number of fused-ring (bicyclic) bond motifs is 1. The number of pyridine rings is 1. The molecular weight excluding hydrogens is 304 g/mol. The Balaban J connectivity index is 1.62. The highest BCUT2D eigenvalue weighted by molar-refractivity contribution is 5.78. The highest BCUT2D eigenvalue weighted by atomic mass is 15.1. The van der Waals surface area contributed by atoms with Gasteiger partial charge in [-0.3, -0.25) is 0 Å². The van der Waals surface area contributed by atoms with Crippen molar-refractivity contribution in [2.75, 3.05) is 18.4 Å². The van der Waals surface area contributed by atoms with Gasteiger partial charge in [0.1, 0.15) is 23.2 Å². The smallest absolute Gasteiger partial charge is 0.158 e. The Labute approximate surface area is 138 Å². The molecule has 3 aromatic rings. The first-order chi connectivity index (χ1) is 11.8. The molecule has 0 spiro atoms. The molecular formula is C16H16N8. The summed E-state index contributed by atoms with van der Waals surface area (Å²) in [5.74, 6) is 1.22. The Morgan fingerprint density at radius 1 is 1.17 bits per heavy atom. The number of imidazole rings is 1. The fourth-order valence-corrected chi connectivity index (χ4v) is 2.94. The highest BCUT2D eigenvalue weighted by Crippen LogP contribution is 2.24. The molecule has 0 amide bonds. The van der Waals surface area contributed by atoms with Crippen LogP contribution in [0.25, 0.3) is 11.0 Å². The number of rotatable bonds is 3. The van der Waals surface area contributed by atoms with Gasteiger partial charge in [0.15, 0.2) is 5.69 Å². The van der Waals surface area contributed by atoms with Crippen LogP contribution in [0.2, 0.25) is 0 Å². The third kappa shape index (κ3) is 2.77. The van der Waals surface area contributed by atoms with Crippen molar-refractivity contribution >= 4 is 22.7 Å². The lowest BCUT2D eigenvalue weighted by atomic mass is 10.1. The number of piperidine rings is 1. The van der Waals surface area contributed by atoms with E-state index >= 15 is 0 Å². The van der Waals surface area contributed by atoms with Crippen molar-refractivity contribution in [3.05, 3.63) is 36.7 Å². The summed E-state index contributed by atoms with van der Waals surface area (Å²) in [6, 6.07) is 4.33. The molecule has 4 rings (SSSR count). The molecule has 3 aromatic heterocycles. The van der Waals surface area contributed by atoms with Gasteiger partial charge < -0.3 is 15.2 Å². The lowest BCUT2D eigenvalue weighted by Crippen LogP contribution is -2.31. The van der Waals surface area contributed by atoms with Crippen LogP contribution in [-0.2, 0) is 0 Å². The Morgan fingerprint density at radius 3 is 2.83 bits per heavy atom. The summed E-state index contributed by atoms with van der Waals surface area (Å²) in [6.45, 7) is 2.03. The second-order valence-corrected chi connectivity index (χ2v) is 5.73. The molecule has 2 N–H and O–H groups in total. The molecule has 0 radical (unpaired) electrons. The van der Waals surface area contributed by atoms with Crippen molar-refractivity contribution in [2.24, 2.45) is 0 Å².